The predicted octanol–water partition coefficient (Wildman–Crippen LogP) is 1.86. The maximum atomic E-state index is 13.4. The van der Waals surface area contributed by atoms with E-state index in [2.05, 4.69) is 13.8 Å². The van der Waals surface area contributed by atoms with Gasteiger partial charge in [-0.05, 0) is 24.7 Å². The van der Waals surface area contributed by atoms with Crippen LogP contribution >= 0.6 is 0 Å². The molecule has 2 N–H and O–H groups in total. The van der Waals surface area contributed by atoms with Crippen LogP contribution in [0.1, 0.15) is 33.1 Å². The Morgan fingerprint density at radius 3 is 2.20 bits per heavy atom. The molecule has 0 aliphatic heterocycles. The summed E-state index contributed by atoms with van der Waals surface area (Å²) >= 11 is 0. The summed E-state index contributed by atoms with van der Waals surface area (Å²) in [6.45, 7) is 4.39. The van der Waals surface area contributed by atoms with Crippen molar-refractivity contribution in [1.29, 1.82) is 0 Å². The molecule has 0 spiro atoms. The Hall–Kier alpha value is -0.110. The van der Waals surface area contributed by atoms with Crippen molar-refractivity contribution in [2.24, 2.45) is 11.1 Å². The average Bonchev–Trinajstić information content (AvgIpc) is 2.08. The Bertz CT molecular complexity index is 133. The van der Waals surface area contributed by atoms with Crippen molar-refractivity contribution in [2.45, 2.75) is 38.8 Å². The maximum Gasteiger partial charge on any atom is 0.123 e. The number of nitrogens with two attached hydrogens (primary N) is 1. The summed E-state index contributed by atoms with van der Waals surface area (Å²) in [5.74, 6) is 0. The highest BCUT2D eigenvalue weighted by Crippen LogP contribution is 2.45. The summed E-state index contributed by atoms with van der Waals surface area (Å²) in [6, 6.07) is 0. The molecule has 1 saturated carbocycles. The topological polar surface area (TPSA) is 26.0 Å². The van der Waals surface area contributed by atoms with Gasteiger partial charge in [0.05, 0.1) is 0 Å². The summed E-state index contributed by atoms with van der Waals surface area (Å²) in [4.78, 5) is 0. The van der Waals surface area contributed by atoms with Gasteiger partial charge < -0.3 is 5.73 Å². The first-order valence-electron chi connectivity index (χ1n) is 3.86. The second-order valence-electron chi connectivity index (χ2n) is 4.20. The lowest BCUT2D eigenvalue weighted by Gasteiger charge is -2.20. The van der Waals surface area contributed by atoms with Crippen LogP contribution in [-0.4, -0.2) is 12.2 Å². The van der Waals surface area contributed by atoms with Crippen LogP contribution in [0.4, 0.5) is 4.39 Å². The van der Waals surface area contributed by atoms with Crippen LogP contribution in [0.2, 0.25) is 0 Å². The summed E-state index contributed by atoms with van der Waals surface area (Å²) in [5, 5.41) is 0. The van der Waals surface area contributed by atoms with Crippen LogP contribution in [0.5, 0.6) is 0 Å². The first-order chi connectivity index (χ1) is 4.47. The molecule has 0 amide bonds. The fourth-order valence-electron chi connectivity index (χ4n) is 1.77. The number of halogens is 1. The standard InChI is InChI=1S/C8H16FN/c1-7(2)3-4-8(9,5-7)6-10/h3-6,10H2,1-2H3. The lowest BCUT2D eigenvalue weighted by atomic mass is 9.90. The molecule has 1 rings (SSSR count). The largest absolute Gasteiger partial charge is 0.328 e. The van der Waals surface area contributed by atoms with Crippen molar-refractivity contribution in [1.82, 2.24) is 0 Å². The normalized spacial score (nSPS) is 38.4. The monoisotopic (exact) mass is 145 g/mol. The lowest BCUT2D eigenvalue weighted by molar-refractivity contribution is 0.164. The first kappa shape index (κ1) is 7.99. The van der Waals surface area contributed by atoms with Crippen LogP contribution in [-0.2, 0) is 0 Å². The molecule has 0 bridgehead atoms. The molecule has 1 aliphatic carbocycles. The van der Waals surface area contributed by atoms with E-state index < -0.39 is 5.67 Å². The molecule has 0 aromatic heterocycles. The van der Waals surface area contributed by atoms with E-state index in [0.29, 0.717) is 12.8 Å². The molecule has 1 unspecified atom stereocenters. The second-order valence-corrected chi connectivity index (χ2v) is 4.20. The van der Waals surface area contributed by atoms with Gasteiger partial charge in [-0.15, -0.1) is 0 Å². The molecule has 2 heteroatoms. The van der Waals surface area contributed by atoms with Crippen LogP contribution < -0.4 is 5.73 Å². The zero-order valence-electron chi connectivity index (χ0n) is 6.78. The molecule has 0 aromatic rings. The Kier molecular flexibility index (Phi) is 1.75. The Morgan fingerprint density at radius 1 is 1.40 bits per heavy atom. The SMILES string of the molecule is CC1(C)CCC(F)(CN)C1. The van der Waals surface area contributed by atoms with Crippen molar-refractivity contribution in [3.8, 4) is 0 Å². The molecule has 0 heterocycles. The molecule has 0 radical (unpaired) electrons. The van der Waals surface area contributed by atoms with Crippen molar-refractivity contribution >= 4 is 0 Å². The van der Waals surface area contributed by atoms with Gasteiger partial charge in [0.1, 0.15) is 5.67 Å². The third-order valence-corrected chi connectivity index (χ3v) is 2.41. The predicted molar refractivity (Wildman–Crippen MR) is 40.5 cm³/mol. The molecule has 10 heavy (non-hydrogen) atoms. The number of rotatable bonds is 1. The van der Waals surface area contributed by atoms with Gasteiger partial charge in [0, 0.05) is 6.54 Å². The quantitative estimate of drug-likeness (QED) is 0.599. The van der Waals surface area contributed by atoms with Crippen molar-refractivity contribution in [3.63, 3.8) is 0 Å². The van der Waals surface area contributed by atoms with Gasteiger partial charge in [0.2, 0.25) is 0 Å². The van der Waals surface area contributed by atoms with Crippen molar-refractivity contribution in [2.75, 3.05) is 6.54 Å². The van der Waals surface area contributed by atoms with Gasteiger partial charge in [-0.1, -0.05) is 13.8 Å². The number of alkyl halides is 1. The minimum atomic E-state index is -1.05. The van der Waals surface area contributed by atoms with E-state index in [0.717, 1.165) is 6.42 Å². The Labute approximate surface area is 61.8 Å². The Balaban J connectivity index is 2.57. The van der Waals surface area contributed by atoms with Gasteiger partial charge >= 0.3 is 0 Å². The Morgan fingerprint density at radius 2 is 2.00 bits per heavy atom. The third kappa shape index (κ3) is 1.48. The molecule has 1 atom stereocenters. The highest BCUT2D eigenvalue weighted by molar-refractivity contribution is 4.94. The average molecular weight is 145 g/mol. The van der Waals surface area contributed by atoms with Gasteiger partial charge in [0.25, 0.3) is 0 Å². The zero-order chi connectivity index (χ0) is 7.83. The summed E-state index contributed by atoms with van der Waals surface area (Å²) < 4.78 is 13.4. The van der Waals surface area contributed by atoms with Crippen LogP contribution in [0.25, 0.3) is 0 Å². The molecular formula is C8H16FN. The number of hydrogen-bond acceptors (Lipinski definition) is 1. The first-order valence-corrected chi connectivity index (χ1v) is 3.86. The number of hydrogen-bond donors (Lipinski definition) is 1. The minimum Gasteiger partial charge on any atom is -0.328 e. The smallest absolute Gasteiger partial charge is 0.123 e. The van der Waals surface area contributed by atoms with E-state index in [9.17, 15) is 4.39 Å². The summed E-state index contributed by atoms with van der Waals surface area (Å²) in [5.41, 5.74) is 4.44. The molecule has 60 valence electrons. The molecule has 1 fully saturated rings. The summed E-state index contributed by atoms with van der Waals surface area (Å²) in [7, 11) is 0. The van der Waals surface area contributed by atoms with Crippen molar-refractivity contribution < 1.29 is 4.39 Å². The van der Waals surface area contributed by atoms with E-state index >= 15 is 0 Å². The molecule has 0 aromatic carbocycles. The van der Waals surface area contributed by atoms with E-state index in [1.807, 2.05) is 0 Å². The molecule has 1 nitrogen and oxygen atoms in total. The lowest BCUT2D eigenvalue weighted by Crippen LogP contribution is -2.30. The van der Waals surface area contributed by atoms with Crippen LogP contribution in [0.15, 0.2) is 0 Å². The van der Waals surface area contributed by atoms with Gasteiger partial charge in [-0.25, -0.2) is 4.39 Å². The second kappa shape index (κ2) is 2.19. The zero-order valence-corrected chi connectivity index (χ0v) is 6.78. The molecule has 1 aliphatic rings. The molecule has 0 saturated heterocycles. The van der Waals surface area contributed by atoms with E-state index in [4.69, 9.17) is 5.73 Å². The van der Waals surface area contributed by atoms with Crippen LogP contribution in [0.3, 0.4) is 0 Å². The third-order valence-electron chi connectivity index (χ3n) is 2.41. The minimum absolute atomic E-state index is 0.175. The fourth-order valence-corrected chi connectivity index (χ4v) is 1.77. The van der Waals surface area contributed by atoms with Crippen LogP contribution in [0, 0.1) is 5.41 Å². The fraction of sp³-hybridized carbons (Fsp3) is 1.00. The summed E-state index contributed by atoms with van der Waals surface area (Å²) in [6.07, 6.45) is 2.26. The highest BCUT2D eigenvalue weighted by Gasteiger charge is 2.42. The van der Waals surface area contributed by atoms with Crippen molar-refractivity contribution in [3.05, 3.63) is 0 Å². The van der Waals surface area contributed by atoms with E-state index in [-0.39, 0.29) is 12.0 Å². The van der Waals surface area contributed by atoms with Gasteiger partial charge in [-0.2, -0.15) is 0 Å². The highest BCUT2D eigenvalue weighted by atomic mass is 19.1. The maximum absolute atomic E-state index is 13.4. The van der Waals surface area contributed by atoms with E-state index in [1.54, 1.807) is 0 Å². The van der Waals surface area contributed by atoms with Gasteiger partial charge in [0.15, 0.2) is 0 Å². The van der Waals surface area contributed by atoms with Gasteiger partial charge in [-0.3, -0.25) is 0 Å². The van der Waals surface area contributed by atoms with E-state index in [1.165, 1.54) is 0 Å². The molecular weight excluding hydrogens is 129 g/mol.